The van der Waals surface area contributed by atoms with Gasteiger partial charge in [0.2, 0.25) is 0 Å². The maximum Gasteiger partial charge on any atom is 0.418 e. The van der Waals surface area contributed by atoms with Gasteiger partial charge in [0.05, 0.1) is 16.9 Å². The maximum atomic E-state index is 13.0. The molecule has 0 spiro atoms. The van der Waals surface area contributed by atoms with E-state index >= 15 is 0 Å². The quantitative estimate of drug-likeness (QED) is 0.929. The van der Waals surface area contributed by atoms with Gasteiger partial charge >= 0.3 is 16.4 Å². The molecule has 4 nitrogen and oxygen atoms in total. The third kappa shape index (κ3) is 2.98. The monoisotopic (exact) mass is 342 g/mol. The van der Waals surface area contributed by atoms with Gasteiger partial charge in [-0.25, -0.2) is 0 Å². The molecule has 0 unspecified atom stereocenters. The predicted molar refractivity (Wildman–Crippen MR) is 81.5 cm³/mol. The number of nitrogens with one attached hydrogen (secondary N) is 1. The van der Waals surface area contributed by atoms with E-state index in [1.807, 2.05) is 0 Å². The van der Waals surface area contributed by atoms with E-state index in [4.69, 9.17) is 0 Å². The van der Waals surface area contributed by atoms with Crippen LogP contribution in [0.15, 0.2) is 48.5 Å². The molecule has 2 aromatic carbocycles. The number of fused-ring (bicyclic) bond motifs is 1. The molecule has 1 N–H and O–H groups in total. The van der Waals surface area contributed by atoms with Crippen LogP contribution in [0.25, 0.3) is 0 Å². The molecule has 0 atom stereocenters. The Morgan fingerprint density at radius 1 is 1.00 bits per heavy atom. The van der Waals surface area contributed by atoms with Crippen molar-refractivity contribution in [3.8, 4) is 0 Å². The van der Waals surface area contributed by atoms with Crippen molar-refractivity contribution in [2.45, 2.75) is 12.6 Å². The molecule has 0 amide bonds. The molecule has 0 saturated heterocycles. The molecule has 3 rings (SSSR count). The lowest BCUT2D eigenvalue weighted by Crippen LogP contribution is -2.35. The summed E-state index contributed by atoms with van der Waals surface area (Å²) in [5.74, 6) is 0. The SMILES string of the molecule is O=S(=O)(Nc1ccccc1C(F)(F)F)N1CCc2ccccc21. The minimum atomic E-state index is -4.64. The predicted octanol–water partition coefficient (Wildman–Crippen LogP) is 3.42. The van der Waals surface area contributed by atoms with Crippen LogP contribution in [0.2, 0.25) is 0 Å². The minimum absolute atomic E-state index is 0.197. The third-order valence-electron chi connectivity index (χ3n) is 3.61. The fraction of sp³-hybridized carbons (Fsp3) is 0.200. The summed E-state index contributed by atoms with van der Waals surface area (Å²) < 4.78 is 67.1. The summed E-state index contributed by atoms with van der Waals surface area (Å²) in [6, 6.07) is 11.4. The second-order valence-electron chi connectivity index (χ2n) is 5.10. The maximum absolute atomic E-state index is 13.0. The molecule has 0 aromatic heterocycles. The Kier molecular flexibility index (Phi) is 3.71. The molecule has 2 aromatic rings. The first kappa shape index (κ1) is 15.7. The van der Waals surface area contributed by atoms with Crippen molar-refractivity contribution in [3.05, 3.63) is 59.7 Å². The Labute approximate surface area is 131 Å². The number of halogens is 3. The fourth-order valence-electron chi connectivity index (χ4n) is 2.57. The van der Waals surface area contributed by atoms with E-state index in [1.54, 1.807) is 24.3 Å². The van der Waals surface area contributed by atoms with Crippen molar-refractivity contribution in [1.29, 1.82) is 0 Å². The van der Waals surface area contributed by atoms with Crippen molar-refractivity contribution in [3.63, 3.8) is 0 Å². The second kappa shape index (κ2) is 5.45. The van der Waals surface area contributed by atoms with Crippen LogP contribution in [0.1, 0.15) is 11.1 Å². The Morgan fingerprint density at radius 3 is 2.39 bits per heavy atom. The normalized spacial score (nSPS) is 14.7. The third-order valence-corrected chi connectivity index (χ3v) is 5.04. The van der Waals surface area contributed by atoms with Gasteiger partial charge in [-0.2, -0.15) is 21.6 Å². The zero-order valence-corrected chi connectivity index (χ0v) is 12.7. The summed E-state index contributed by atoms with van der Waals surface area (Å²) in [5.41, 5.74) is -0.160. The van der Waals surface area contributed by atoms with E-state index in [1.165, 1.54) is 12.1 Å². The molecule has 0 radical (unpaired) electrons. The molecule has 8 heteroatoms. The number of hydrogen-bond acceptors (Lipinski definition) is 2. The number of benzene rings is 2. The molecular weight excluding hydrogens is 329 g/mol. The highest BCUT2D eigenvalue weighted by molar-refractivity contribution is 7.94. The van der Waals surface area contributed by atoms with Crippen molar-refractivity contribution in [1.82, 2.24) is 0 Å². The molecule has 0 aliphatic carbocycles. The molecule has 1 aliphatic heterocycles. The Morgan fingerprint density at radius 2 is 1.65 bits per heavy atom. The Hall–Kier alpha value is -2.22. The van der Waals surface area contributed by atoms with E-state index in [-0.39, 0.29) is 6.54 Å². The average Bonchev–Trinajstić information content (AvgIpc) is 2.91. The Balaban J connectivity index is 1.95. The number of hydrogen-bond donors (Lipinski definition) is 1. The van der Waals surface area contributed by atoms with Gasteiger partial charge in [0.15, 0.2) is 0 Å². The number of nitrogens with zero attached hydrogens (tertiary/aromatic N) is 1. The van der Waals surface area contributed by atoms with E-state index in [9.17, 15) is 21.6 Å². The van der Waals surface area contributed by atoms with Gasteiger partial charge in [-0.15, -0.1) is 0 Å². The van der Waals surface area contributed by atoms with Crippen LogP contribution in [-0.2, 0) is 22.8 Å². The standard InChI is InChI=1S/C15H13F3N2O2S/c16-15(17,18)12-6-2-3-7-13(12)19-23(21,22)20-10-9-11-5-1-4-8-14(11)20/h1-8,19H,9-10H2. The van der Waals surface area contributed by atoms with Gasteiger partial charge in [-0.3, -0.25) is 9.03 Å². The van der Waals surface area contributed by atoms with Crippen LogP contribution in [0, 0.1) is 0 Å². The smallest absolute Gasteiger partial charge is 0.266 e. The van der Waals surface area contributed by atoms with Crippen LogP contribution in [0.4, 0.5) is 24.5 Å². The van der Waals surface area contributed by atoms with Gasteiger partial charge in [-0.1, -0.05) is 30.3 Å². The molecule has 23 heavy (non-hydrogen) atoms. The van der Waals surface area contributed by atoms with Crippen LogP contribution in [0.3, 0.4) is 0 Å². The first-order valence-electron chi connectivity index (χ1n) is 6.84. The summed E-state index contributed by atoms with van der Waals surface area (Å²) in [6.45, 7) is 0.197. The van der Waals surface area contributed by atoms with Crippen molar-refractivity contribution < 1.29 is 21.6 Å². The number of para-hydroxylation sites is 2. The molecular formula is C15H13F3N2O2S. The van der Waals surface area contributed by atoms with Gasteiger partial charge in [-0.05, 0) is 30.2 Å². The average molecular weight is 342 g/mol. The van der Waals surface area contributed by atoms with Gasteiger partial charge in [0.1, 0.15) is 0 Å². The minimum Gasteiger partial charge on any atom is -0.266 e. The summed E-state index contributed by atoms with van der Waals surface area (Å²) in [6.07, 6.45) is -4.11. The van der Waals surface area contributed by atoms with Gasteiger partial charge < -0.3 is 0 Å². The Bertz CT molecular complexity index is 835. The lowest BCUT2D eigenvalue weighted by atomic mass is 10.2. The van der Waals surface area contributed by atoms with Crippen LogP contribution < -0.4 is 9.03 Å². The molecule has 0 saturated carbocycles. The van der Waals surface area contributed by atoms with E-state index in [2.05, 4.69) is 4.72 Å². The van der Waals surface area contributed by atoms with Crippen LogP contribution in [0.5, 0.6) is 0 Å². The highest BCUT2D eigenvalue weighted by Gasteiger charge is 2.36. The topological polar surface area (TPSA) is 49.4 Å². The highest BCUT2D eigenvalue weighted by atomic mass is 32.2. The first-order chi connectivity index (χ1) is 10.8. The van der Waals surface area contributed by atoms with E-state index in [0.29, 0.717) is 12.1 Å². The van der Waals surface area contributed by atoms with Crippen molar-refractivity contribution in [2.75, 3.05) is 15.6 Å². The van der Waals surface area contributed by atoms with Crippen LogP contribution >= 0.6 is 0 Å². The van der Waals surface area contributed by atoms with Crippen molar-refractivity contribution in [2.24, 2.45) is 0 Å². The van der Waals surface area contributed by atoms with Gasteiger partial charge in [0, 0.05) is 6.54 Å². The lowest BCUT2D eigenvalue weighted by molar-refractivity contribution is -0.136. The van der Waals surface area contributed by atoms with E-state index < -0.39 is 27.6 Å². The first-order valence-corrected chi connectivity index (χ1v) is 8.28. The molecule has 122 valence electrons. The summed E-state index contributed by atoms with van der Waals surface area (Å²) in [7, 11) is -4.13. The summed E-state index contributed by atoms with van der Waals surface area (Å²) >= 11 is 0. The van der Waals surface area contributed by atoms with Gasteiger partial charge in [0.25, 0.3) is 0 Å². The number of rotatable bonds is 3. The summed E-state index contributed by atoms with van der Waals surface area (Å²) in [5, 5.41) is 0. The van der Waals surface area contributed by atoms with E-state index in [0.717, 1.165) is 22.0 Å². The molecule has 0 bridgehead atoms. The molecule has 1 heterocycles. The van der Waals surface area contributed by atoms with Crippen molar-refractivity contribution >= 4 is 21.6 Å². The lowest BCUT2D eigenvalue weighted by Gasteiger charge is -2.22. The summed E-state index contributed by atoms with van der Waals surface area (Å²) in [4.78, 5) is 0. The zero-order valence-electron chi connectivity index (χ0n) is 11.8. The highest BCUT2D eigenvalue weighted by Crippen LogP contribution is 2.36. The second-order valence-corrected chi connectivity index (χ2v) is 6.70. The zero-order chi connectivity index (χ0) is 16.7. The van der Waals surface area contributed by atoms with Crippen LogP contribution in [-0.4, -0.2) is 15.0 Å². The number of alkyl halides is 3. The largest absolute Gasteiger partial charge is 0.418 e. The fourth-order valence-corrected chi connectivity index (χ4v) is 3.91. The molecule has 0 fully saturated rings. The molecule has 1 aliphatic rings. The number of anilines is 2.